The average molecular weight is 578 g/mol. The molecular weight excluding hydrogens is 530 g/mol. The molecule has 0 aliphatic carbocycles. The fourth-order valence-corrected chi connectivity index (χ4v) is 5.86. The highest BCUT2D eigenvalue weighted by Crippen LogP contribution is 2.29. The molecule has 0 fully saturated rings. The molecule has 0 amide bonds. The Hall–Kier alpha value is -3.67. The molecule has 0 unspecified atom stereocenters. The summed E-state index contributed by atoms with van der Waals surface area (Å²) in [6.07, 6.45) is 3.98. The third-order valence-electron chi connectivity index (χ3n) is 8.79. The van der Waals surface area contributed by atoms with E-state index in [2.05, 4.69) is 118 Å². The lowest BCUT2D eigenvalue weighted by molar-refractivity contribution is 0.0688. The first-order valence-electron chi connectivity index (χ1n) is 15.4. The summed E-state index contributed by atoms with van der Waals surface area (Å²) in [7, 11) is 0. The number of para-hydroxylation sites is 1. The Labute approximate surface area is 256 Å². The zero-order chi connectivity index (χ0) is 31.1. The summed E-state index contributed by atoms with van der Waals surface area (Å²) in [5, 5.41) is 1.95. The highest BCUT2D eigenvalue weighted by molar-refractivity contribution is 5.85. The first-order chi connectivity index (χ1) is 20.2. The Morgan fingerprint density at radius 2 is 1.35 bits per heavy atom. The highest BCUT2D eigenvalue weighted by Gasteiger charge is 2.28. The Bertz CT molecular complexity index is 1810. The second-order valence-electron chi connectivity index (χ2n) is 14.1. The standard InChI is InChI=1S/C38H47N3O2/c1-26-13-12-14-31(19-26)41-24-29(32-15-10-11-16-34(32)41)22-39(37(4,5)6)17-18-40(38(7,8)9)23-30-25-43-35-21-28(3)27(2)20-33(35)36(30)42/h10-16,19-21,24-25H,17-18,22-23H2,1-9H3. The van der Waals surface area contributed by atoms with Gasteiger partial charge in [-0.1, -0.05) is 30.3 Å². The molecule has 43 heavy (non-hydrogen) atoms. The molecule has 226 valence electrons. The van der Waals surface area contributed by atoms with Gasteiger partial charge in [-0.25, -0.2) is 0 Å². The average Bonchev–Trinajstić information content (AvgIpc) is 3.30. The second-order valence-corrected chi connectivity index (χ2v) is 14.1. The van der Waals surface area contributed by atoms with E-state index in [1.54, 1.807) is 6.26 Å². The highest BCUT2D eigenvalue weighted by atomic mass is 16.3. The van der Waals surface area contributed by atoms with Gasteiger partial charge in [0.1, 0.15) is 5.58 Å². The zero-order valence-electron chi connectivity index (χ0n) is 27.4. The molecule has 3 aromatic carbocycles. The molecule has 0 saturated heterocycles. The molecule has 5 heteroatoms. The van der Waals surface area contributed by atoms with Crippen LogP contribution in [0.1, 0.15) is 69.4 Å². The summed E-state index contributed by atoms with van der Waals surface area (Å²) >= 11 is 0. The first-order valence-corrected chi connectivity index (χ1v) is 15.4. The van der Waals surface area contributed by atoms with Crippen LogP contribution in [-0.4, -0.2) is 38.5 Å². The molecule has 5 rings (SSSR count). The molecule has 0 saturated carbocycles. The molecule has 0 radical (unpaired) electrons. The largest absolute Gasteiger partial charge is 0.464 e. The van der Waals surface area contributed by atoms with E-state index in [0.717, 1.165) is 30.8 Å². The van der Waals surface area contributed by atoms with Crippen LogP contribution in [0.15, 0.2) is 82.3 Å². The quantitative estimate of drug-likeness (QED) is 0.185. The van der Waals surface area contributed by atoms with Crippen LogP contribution in [0.3, 0.4) is 0 Å². The molecule has 0 aliphatic heterocycles. The van der Waals surface area contributed by atoms with Gasteiger partial charge >= 0.3 is 0 Å². The van der Waals surface area contributed by atoms with Gasteiger partial charge in [0.2, 0.25) is 0 Å². The van der Waals surface area contributed by atoms with Crippen molar-refractivity contribution in [1.29, 1.82) is 0 Å². The normalized spacial score (nSPS) is 12.7. The van der Waals surface area contributed by atoms with Crippen LogP contribution in [0.2, 0.25) is 0 Å². The van der Waals surface area contributed by atoms with Gasteiger partial charge in [-0.3, -0.25) is 14.6 Å². The van der Waals surface area contributed by atoms with Crippen molar-refractivity contribution in [3.63, 3.8) is 0 Å². The number of aryl methyl sites for hydroxylation is 3. The Morgan fingerprint density at radius 3 is 2.00 bits per heavy atom. The van der Waals surface area contributed by atoms with Crippen molar-refractivity contribution < 1.29 is 4.42 Å². The number of nitrogens with zero attached hydrogens (tertiary/aromatic N) is 3. The van der Waals surface area contributed by atoms with Crippen molar-refractivity contribution in [3.8, 4) is 5.69 Å². The van der Waals surface area contributed by atoms with Crippen molar-refractivity contribution in [2.24, 2.45) is 0 Å². The van der Waals surface area contributed by atoms with Crippen molar-refractivity contribution in [1.82, 2.24) is 14.4 Å². The number of hydrogen-bond donors (Lipinski definition) is 0. The predicted molar refractivity (Wildman–Crippen MR) is 180 cm³/mol. The maximum absolute atomic E-state index is 13.6. The third-order valence-corrected chi connectivity index (χ3v) is 8.79. The van der Waals surface area contributed by atoms with E-state index in [4.69, 9.17) is 4.42 Å². The van der Waals surface area contributed by atoms with E-state index >= 15 is 0 Å². The topological polar surface area (TPSA) is 41.6 Å². The van der Waals surface area contributed by atoms with Crippen LogP contribution in [0.4, 0.5) is 0 Å². The summed E-state index contributed by atoms with van der Waals surface area (Å²) in [6.45, 7) is 22.8. The van der Waals surface area contributed by atoms with E-state index in [1.807, 2.05) is 26.0 Å². The van der Waals surface area contributed by atoms with Gasteiger partial charge in [0.15, 0.2) is 5.43 Å². The number of benzene rings is 3. The summed E-state index contributed by atoms with van der Waals surface area (Å²) in [4.78, 5) is 18.5. The van der Waals surface area contributed by atoms with E-state index in [-0.39, 0.29) is 16.5 Å². The lowest BCUT2D eigenvalue weighted by Gasteiger charge is -2.40. The van der Waals surface area contributed by atoms with Gasteiger partial charge in [-0.15, -0.1) is 0 Å². The molecule has 0 aliphatic rings. The Morgan fingerprint density at radius 1 is 0.721 bits per heavy atom. The molecule has 5 aromatic rings. The van der Waals surface area contributed by atoms with Crippen LogP contribution in [-0.2, 0) is 13.1 Å². The van der Waals surface area contributed by atoms with E-state index in [1.165, 1.54) is 27.7 Å². The molecule has 0 atom stereocenters. The van der Waals surface area contributed by atoms with Gasteiger partial charge in [0, 0.05) is 60.1 Å². The minimum atomic E-state index is -0.130. The molecule has 0 bridgehead atoms. The first kappa shape index (κ1) is 30.8. The van der Waals surface area contributed by atoms with Crippen LogP contribution < -0.4 is 5.43 Å². The maximum atomic E-state index is 13.6. The van der Waals surface area contributed by atoms with Crippen molar-refractivity contribution in [2.45, 2.75) is 86.5 Å². The van der Waals surface area contributed by atoms with Crippen molar-refractivity contribution in [2.75, 3.05) is 13.1 Å². The molecule has 5 nitrogen and oxygen atoms in total. The fraction of sp³-hybridized carbons (Fsp3) is 0.395. The summed E-state index contributed by atoms with van der Waals surface area (Å²) < 4.78 is 8.30. The maximum Gasteiger partial charge on any atom is 0.197 e. The molecule has 2 aromatic heterocycles. The fourth-order valence-electron chi connectivity index (χ4n) is 5.86. The molecule has 2 heterocycles. The Kier molecular flexibility index (Phi) is 8.43. The second kappa shape index (κ2) is 11.8. The molecular formula is C38H47N3O2. The van der Waals surface area contributed by atoms with Gasteiger partial charge < -0.3 is 8.98 Å². The van der Waals surface area contributed by atoms with Crippen LogP contribution >= 0.6 is 0 Å². The number of fused-ring (bicyclic) bond motifs is 2. The number of rotatable bonds is 8. The SMILES string of the molecule is Cc1cccc(-n2cc(CN(CCN(Cc3coc4cc(C)c(C)cc4c3=O)C(C)(C)C)C(C)(C)C)c3ccccc32)c1. The van der Waals surface area contributed by atoms with Gasteiger partial charge in [0.05, 0.1) is 17.2 Å². The van der Waals surface area contributed by atoms with Crippen LogP contribution in [0.25, 0.3) is 27.6 Å². The summed E-state index contributed by atoms with van der Waals surface area (Å²) in [5.74, 6) is 0. The monoisotopic (exact) mass is 577 g/mol. The summed E-state index contributed by atoms with van der Waals surface area (Å²) in [6, 6.07) is 21.3. The van der Waals surface area contributed by atoms with Crippen LogP contribution in [0.5, 0.6) is 0 Å². The third kappa shape index (κ3) is 6.63. The van der Waals surface area contributed by atoms with Gasteiger partial charge in [0.25, 0.3) is 0 Å². The smallest absolute Gasteiger partial charge is 0.197 e. The predicted octanol–water partition coefficient (Wildman–Crippen LogP) is 8.56. The van der Waals surface area contributed by atoms with E-state index in [9.17, 15) is 4.79 Å². The summed E-state index contributed by atoms with van der Waals surface area (Å²) in [5.41, 5.74) is 8.45. The van der Waals surface area contributed by atoms with Crippen LogP contribution in [0, 0.1) is 20.8 Å². The number of hydrogen-bond acceptors (Lipinski definition) is 4. The Balaban J connectivity index is 1.42. The van der Waals surface area contributed by atoms with Gasteiger partial charge in [-0.2, -0.15) is 0 Å². The lowest BCUT2D eigenvalue weighted by Crippen LogP contribution is -2.49. The molecule has 0 N–H and O–H groups in total. The zero-order valence-corrected chi connectivity index (χ0v) is 27.4. The van der Waals surface area contributed by atoms with E-state index in [0.29, 0.717) is 23.1 Å². The van der Waals surface area contributed by atoms with Gasteiger partial charge in [-0.05, 0) is 115 Å². The molecule has 0 spiro atoms. The van der Waals surface area contributed by atoms with Crippen molar-refractivity contribution in [3.05, 3.63) is 111 Å². The lowest BCUT2D eigenvalue weighted by atomic mass is 10.0. The number of aromatic nitrogens is 1. The minimum Gasteiger partial charge on any atom is -0.464 e. The van der Waals surface area contributed by atoms with Crippen molar-refractivity contribution >= 4 is 21.9 Å². The minimum absolute atomic E-state index is 0.0482. The van der Waals surface area contributed by atoms with E-state index < -0.39 is 0 Å².